The maximum Gasteiger partial charge on any atom is 0.315 e. The average molecular weight is 413 g/mol. The third kappa shape index (κ3) is 5.86. The minimum Gasteiger partial charge on any atom is -0.491 e. The van der Waals surface area contributed by atoms with Crippen molar-refractivity contribution < 1.29 is 14.4 Å². The van der Waals surface area contributed by atoms with Crippen LogP contribution in [0.5, 0.6) is 11.6 Å². The number of aliphatic imine (C=N–C) groups is 1. The quantitative estimate of drug-likeness (QED) is 0.172. The van der Waals surface area contributed by atoms with Gasteiger partial charge in [-0.05, 0) is 0 Å². The molecule has 0 fully saturated rings. The van der Waals surface area contributed by atoms with Gasteiger partial charge in [-0.15, -0.1) is 11.3 Å². The molecule has 0 unspecified atom stereocenters. The van der Waals surface area contributed by atoms with Crippen LogP contribution in [0.3, 0.4) is 0 Å². The highest BCUT2D eigenvalue weighted by Gasteiger charge is 2.21. The molecule has 0 saturated heterocycles. The summed E-state index contributed by atoms with van der Waals surface area (Å²) in [7, 11) is 2.81. The van der Waals surface area contributed by atoms with Gasteiger partial charge in [0, 0.05) is 23.4 Å². The number of nitrogens with two attached hydrogens (primary N) is 2. The molecule has 0 amide bonds. The van der Waals surface area contributed by atoms with E-state index < -0.39 is 4.92 Å². The van der Waals surface area contributed by atoms with Crippen LogP contribution >= 0.6 is 23.1 Å². The second-order valence-electron chi connectivity index (χ2n) is 4.96. The number of nitrogens with zero attached hydrogens (tertiary/aromatic N) is 4. The lowest BCUT2D eigenvalue weighted by atomic mass is 10.3. The summed E-state index contributed by atoms with van der Waals surface area (Å²) in [5.74, 6) is 1.82. The Morgan fingerprint density at radius 3 is 2.81 bits per heavy atom. The topological polar surface area (TPSA) is 164 Å². The molecule has 0 aromatic carbocycles. The van der Waals surface area contributed by atoms with Gasteiger partial charge in [0.2, 0.25) is 10.9 Å². The molecule has 5 N–H and O–H groups in total. The number of thiazole rings is 1. The van der Waals surface area contributed by atoms with Crippen LogP contribution < -0.4 is 26.3 Å². The van der Waals surface area contributed by atoms with Crippen molar-refractivity contribution in [2.45, 2.75) is 5.75 Å². The van der Waals surface area contributed by atoms with Crippen LogP contribution in [0.25, 0.3) is 0 Å². The van der Waals surface area contributed by atoms with Crippen molar-refractivity contribution in [3.05, 3.63) is 27.3 Å². The minimum atomic E-state index is -0.523. The Hall–Kier alpha value is -2.80. The van der Waals surface area contributed by atoms with E-state index in [4.69, 9.17) is 20.9 Å². The van der Waals surface area contributed by atoms with E-state index in [9.17, 15) is 10.1 Å². The fraction of sp³-hybridized carbons (Fsp3) is 0.357. The lowest BCUT2D eigenvalue weighted by molar-refractivity contribution is -0.384. The number of nitro groups is 1. The number of ether oxygens (including phenoxy) is 2. The molecule has 0 radical (unpaired) electrons. The van der Waals surface area contributed by atoms with E-state index in [1.807, 2.05) is 5.38 Å². The number of methoxy groups -OCH3 is 2. The summed E-state index contributed by atoms with van der Waals surface area (Å²) in [6, 6.07) is 1.28. The normalized spacial score (nSPS) is 10.3. The van der Waals surface area contributed by atoms with E-state index in [1.165, 1.54) is 31.6 Å². The number of anilines is 1. The van der Waals surface area contributed by atoms with Gasteiger partial charge in [-0.3, -0.25) is 10.1 Å². The fourth-order valence-electron chi connectivity index (χ4n) is 1.97. The first kappa shape index (κ1) is 20.5. The largest absolute Gasteiger partial charge is 0.491 e. The molecular weight excluding hydrogens is 394 g/mol. The van der Waals surface area contributed by atoms with Gasteiger partial charge in [0.25, 0.3) is 5.88 Å². The fourth-order valence-corrected chi connectivity index (χ4v) is 3.53. The molecule has 0 saturated carbocycles. The van der Waals surface area contributed by atoms with Crippen LogP contribution in [0.1, 0.15) is 5.69 Å². The molecule has 2 aromatic heterocycles. The number of guanidine groups is 1. The first-order chi connectivity index (χ1) is 12.9. The maximum atomic E-state index is 11.2. The van der Waals surface area contributed by atoms with Crippen LogP contribution in [-0.4, -0.2) is 47.4 Å². The number of hydrogen-bond acceptors (Lipinski definition) is 10. The van der Waals surface area contributed by atoms with E-state index in [-0.39, 0.29) is 29.1 Å². The monoisotopic (exact) mass is 413 g/mol. The number of rotatable bonds is 10. The summed E-state index contributed by atoms with van der Waals surface area (Å²) in [4.78, 5) is 23.0. The molecule has 0 aliphatic heterocycles. The highest BCUT2D eigenvalue weighted by molar-refractivity contribution is 7.98. The molecule has 2 aromatic rings. The van der Waals surface area contributed by atoms with Crippen LogP contribution in [0.15, 0.2) is 16.4 Å². The zero-order valence-corrected chi connectivity index (χ0v) is 16.3. The summed E-state index contributed by atoms with van der Waals surface area (Å²) in [6.07, 6.45) is 0. The smallest absolute Gasteiger partial charge is 0.315 e. The Labute approximate surface area is 163 Å². The van der Waals surface area contributed by atoms with Gasteiger partial charge in [0.1, 0.15) is 0 Å². The summed E-state index contributed by atoms with van der Waals surface area (Å²) in [5.41, 5.74) is 11.3. The highest BCUT2D eigenvalue weighted by atomic mass is 32.2. The summed E-state index contributed by atoms with van der Waals surface area (Å²) >= 11 is 2.96. The third-order valence-electron chi connectivity index (χ3n) is 3.10. The van der Waals surface area contributed by atoms with Crippen molar-refractivity contribution in [3.63, 3.8) is 0 Å². The second kappa shape index (κ2) is 9.78. The Morgan fingerprint density at radius 1 is 1.41 bits per heavy atom. The van der Waals surface area contributed by atoms with Crippen molar-refractivity contribution in [2.24, 2.45) is 16.5 Å². The van der Waals surface area contributed by atoms with E-state index in [2.05, 4.69) is 20.3 Å². The van der Waals surface area contributed by atoms with Crippen molar-refractivity contribution in [1.82, 2.24) is 9.97 Å². The summed E-state index contributed by atoms with van der Waals surface area (Å²) in [5, 5.41) is 16.6. The van der Waals surface area contributed by atoms with Crippen molar-refractivity contribution in [2.75, 3.05) is 31.8 Å². The summed E-state index contributed by atoms with van der Waals surface area (Å²) < 4.78 is 10.1. The Bertz CT molecular complexity index is 824. The van der Waals surface area contributed by atoms with Gasteiger partial charge >= 0.3 is 5.69 Å². The van der Waals surface area contributed by atoms with Gasteiger partial charge in [-0.25, -0.2) is 4.98 Å². The van der Waals surface area contributed by atoms with Crippen molar-refractivity contribution >= 4 is 45.7 Å². The molecule has 2 rings (SSSR count). The highest BCUT2D eigenvalue weighted by Crippen LogP contribution is 2.34. The van der Waals surface area contributed by atoms with Crippen molar-refractivity contribution in [1.29, 1.82) is 0 Å². The minimum absolute atomic E-state index is 0.0308. The molecule has 0 bridgehead atoms. The molecule has 0 aliphatic rings. The van der Waals surface area contributed by atoms with E-state index in [1.54, 1.807) is 11.8 Å². The number of hydrogen-bond donors (Lipinski definition) is 3. The van der Waals surface area contributed by atoms with E-state index in [0.717, 1.165) is 5.69 Å². The second-order valence-corrected chi connectivity index (χ2v) is 6.90. The molecular formula is C14H19N7O4S2. The molecule has 27 heavy (non-hydrogen) atoms. The first-order valence-corrected chi connectivity index (χ1v) is 9.61. The molecule has 0 spiro atoms. The Morgan fingerprint density at radius 2 is 2.19 bits per heavy atom. The van der Waals surface area contributed by atoms with Crippen LogP contribution in [0, 0.1) is 10.1 Å². The Balaban J connectivity index is 1.90. The molecule has 2 heterocycles. The number of pyridine rings is 1. The number of nitrogens with one attached hydrogen (secondary N) is 1. The molecule has 0 aliphatic carbocycles. The van der Waals surface area contributed by atoms with E-state index >= 15 is 0 Å². The van der Waals surface area contributed by atoms with Gasteiger partial charge in [0.15, 0.2) is 11.7 Å². The van der Waals surface area contributed by atoms with Gasteiger partial charge in [-0.2, -0.15) is 21.7 Å². The molecule has 0 atom stereocenters. The predicted molar refractivity (Wildman–Crippen MR) is 106 cm³/mol. The summed E-state index contributed by atoms with van der Waals surface area (Å²) in [6.45, 7) is 0.471. The van der Waals surface area contributed by atoms with Gasteiger partial charge < -0.3 is 26.3 Å². The molecule has 11 nitrogen and oxygen atoms in total. The standard InChI is InChI=1S/C14H19N7O4S2/c1-24-10-5-9(21(22)23)11(19-12(10)25-2)17-3-4-26-6-8-7-27-14(18-8)20-13(15)16/h5,7H,3-4,6H2,1-2H3,(H,17,19)(H4,15,16,18,20). The molecule has 146 valence electrons. The number of aromatic nitrogens is 2. The predicted octanol–water partition coefficient (Wildman–Crippen LogP) is 1.71. The SMILES string of the molecule is COc1cc([N+](=O)[O-])c(NCCSCc2csc(N=C(N)N)n2)nc1OC. The average Bonchev–Trinajstić information content (AvgIpc) is 3.07. The van der Waals surface area contributed by atoms with Crippen LogP contribution in [-0.2, 0) is 5.75 Å². The lowest BCUT2D eigenvalue weighted by Crippen LogP contribution is -2.21. The lowest BCUT2D eigenvalue weighted by Gasteiger charge is -2.10. The zero-order chi connectivity index (χ0) is 19.8. The first-order valence-electron chi connectivity index (χ1n) is 7.57. The Kier molecular flexibility index (Phi) is 7.43. The van der Waals surface area contributed by atoms with Gasteiger partial charge in [-0.1, -0.05) is 0 Å². The third-order valence-corrected chi connectivity index (χ3v) is 4.87. The maximum absolute atomic E-state index is 11.2. The van der Waals surface area contributed by atoms with Crippen molar-refractivity contribution in [3.8, 4) is 11.6 Å². The number of thioether (sulfide) groups is 1. The molecule has 13 heteroatoms. The van der Waals surface area contributed by atoms with Crippen LogP contribution in [0.2, 0.25) is 0 Å². The van der Waals surface area contributed by atoms with E-state index in [0.29, 0.717) is 23.2 Å². The zero-order valence-electron chi connectivity index (χ0n) is 14.7. The van der Waals surface area contributed by atoms with Crippen LogP contribution in [0.4, 0.5) is 16.6 Å². The van der Waals surface area contributed by atoms with Gasteiger partial charge in [0.05, 0.1) is 30.9 Å².